The van der Waals surface area contributed by atoms with Gasteiger partial charge in [0.15, 0.2) is 0 Å². The Morgan fingerprint density at radius 1 is 1.27 bits per heavy atom. The first-order valence-corrected chi connectivity index (χ1v) is 7.00. The first-order chi connectivity index (χ1) is 10.5. The minimum atomic E-state index is -1.05. The molecule has 0 bridgehead atoms. The van der Waals surface area contributed by atoms with Gasteiger partial charge in [-0.1, -0.05) is 37.3 Å². The number of rotatable bonds is 5. The van der Waals surface area contributed by atoms with Crippen LogP contribution in [0.15, 0.2) is 36.4 Å². The number of esters is 1. The molecular weight excluding hydrogens is 282 g/mol. The van der Waals surface area contributed by atoms with Crippen LogP contribution in [0.1, 0.15) is 44.9 Å². The molecular formula is C17H19NO4. The lowest BCUT2D eigenvalue weighted by molar-refractivity contribution is 0.0589. The number of carboxylic acids is 1. The SMILES string of the molecule is COC(=O)c1cc(C(C)Cc2ccccc2)c(C(=O)O)n1C. The summed E-state index contributed by atoms with van der Waals surface area (Å²) in [6.45, 7) is 1.95. The smallest absolute Gasteiger partial charge is 0.354 e. The number of carboxylic acid groups (broad SMARTS) is 1. The number of hydrogen-bond donors (Lipinski definition) is 1. The molecule has 5 heteroatoms. The maximum absolute atomic E-state index is 11.8. The van der Waals surface area contributed by atoms with Crippen LogP contribution in [-0.4, -0.2) is 28.7 Å². The van der Waals surface area contributed by atoms with Crippen LogP contribution < -0.4 is 0 Å². The van der Waals surface area contributed by atoms with Crippen LogP contribution in [0.3, 0.4) is 0 Å². The van der Waals surface area contributed by atoms with E-state index >= 15 is 0 Å². The average molecular weight is 301 g/mol. The van der Waals surface area contributed by atoms with Gasteiger partial charge in [0.2, 0.25) is 0 Å². The number of aromatic carboxylic acids is 1. The predicted molar refractivity (Wildman–Crippen MR) is 82.3 cm³/mol. The van der Waals surface area contributed by atoms with Gasteiger partial charge in [-0.3, -0.25) is 0 Å². The molecule has 0 saturated heterocycles. The lowest BCUT2D eigenvalue weighted by atomic mass is 9.93. The molecule has 0 amide bonds. The summed E-state index contributed by atoms with van der Waals surface area (Å²) < 4.78 is 6.09. The summed E-state index contributed by atoms with van der Waals surface area (Å²) in [5.74, 6) is -1.62. The molecule has 0 aliphatic carbocycles. The summed E-state index contributed by atoms with van der Waals surface area (Å²) >= 11 is 0. The quantitative estimate of drug-likeness (QED) is 0.862. The Balaban J connectivity index is 2.41. The van der Waals surface area contributed by atoms with Crippen molar-refractivity contribution < 1.29 is 19.4 Å². The summed E-state index contributed by atoms with van der Waals surface area (Å²) in [6, 6.07) is 11.5. The lowest BCUT2D eigenvalue weighted by Gasteiger charge is -2.12. The number of aromatic nitrogens is 1. The number of carbonyl (C=O) groups excluding carboxylic acids is 1. The highest BCUT2D eigenvalue weighted by Crippen LogP contribution is 2.27. The molecule has 1 aromatic carbocycles. The van der Waals surface area contributed by atoms with Gasteiger partial charge in [0.25, 0.3) is 0 Å². The van der Waals surface area contributed by atoms with Gasteiger partial charge < -0.3 is 14.4 Å². The highest BCUT2D eigenvalue weighted by atomic mass is 16.5. The van der Waals surface area contributed by atoms with Gasteiger partial charge in [-0.15, -0.1) is 0 Å². The molecule has 1 unspecified atom stereocenters. The second-order valence-corrected chi connectivity index (χ2v) is 5.28. The maximum atomic E-state index is 11.8. The van der Waals surface area contributed by atoms with Crippen LogP contribution >= 0.6 is 0 Å². The third-order valence-corrected chi connectivity index (χ3v) is 3.78. The number of ether oxygens (including phenoxy) is 1. The molecule has 1 heterocycles. The molecule has 1 N–H and O–H groups in total. The molecule has 1 aromatic heterocycles. The van der Waals surface area contributed by atoms with E-state index in [2.05, 4.69) is 0 Å². The molecule has 1 atom stereocenters. The Bertz CT molecular complexity index is 688. The van der Waals surface area contributed by atoms with Crippen molar-refractivity contribution in [2.24, 2.45) is 7.05 Å². The molecule has 116 valence electrons. The Labute approximate surface area is 129 Å². The van der Waals surface area contributed by atoms with E-state index in [4.69, 9.17) is 4.74 Å². The first kappa shape index (κ1) is 15.8. The van der Waals surface area contributed by atoms with Crippen molar-refractivity contribution in [2.75, 3.05) is 7.11 Å². The van der Waals surface area contributed by atoms with E-state index in [1.54, 1.807) is 13.1 Å². The van der Waals surface area contributed by atoms with Crippen molar-refractivity contribution in [3.05, 3.63) is 58.9 Å². The number of carbonyl (C=O) groups is 2. The van der Waals surface area contributed by atoms with Crippen molar-refractivity contribution in [3.63, 3.8) is 0 Å². The van der Waals surface area contributed by atoms with Crippen LogP contribution in [-0.2, 0) is 18.2 Å². The molecule has 2 rings (SSSR count). The van der Waals surface area contributed by atoms with Crippen LogP contribution in [0.2, 0.25) is 0 Å². The Morgan fingerprint density at radius 3 is 2.45 bits per heavy atom. The van der Waals surface area contributed by atoms with E-state index in [0.717, 1.165) is 5.56 Å². The summed E-state index contributed by atoms with van der Waals surface area (Å²) in [7, 11) is 2.84. The monoisotopic (exact) mass is 301 g/mol. The third kappa shape index (κ3) is 3.03. The fraction of sp³-hybridized carbons (Fsp3) is 0.294. The van der Waals surface area contributed by atoms with Gasteiger partial charge in [0, 0.05) is 7.05 Å². The van der Waals surface area contributed by atoms with E-state index in [9.17, 15) is 14.7 Å². The number of nitrogens with zero attached hydrogens (tertiary/aromatic N) is 1. The second-order valence-electron chi connectivity index (χ2n) is 5.28. The summed E-state index contributed by atoms with van der Waals surface area (Å²) in [4.78, 5) is 23.3. The van der Waals surface area contributed by atoms with E-state index in [1.165, 1.54) is 11.7 Å². The van der Waals surface area contributed by atoms with E-state index in [-0.39, 0.29) is 17.3 Å². The first-order valence-electron chi connectivity index (χ1n) is 7.00. The zero-order chi connectivity index (χ0) is 16.3. The molecule has 0 aliphatic heterocycles. The van der Waals surface area contributed by atoms with Crippen LogP contribution in [0.4, 0.5) is 0 Å². The fourth-order valence-corrected chi connectivity index (χ4v) is 2.65. The zero-order valence-electron chi connectivity index (χ0n) is 12.9. The second kappa shape index (κ2) is 6.47. The average Bonchev–Trinajstić information content (AvgIpc) is 2.85. The normalized spacial score (nSPS) is 12.0. The molecule has 22 heavy (non-hydrogen) atoms. The molecule has 0 saturated carbocycles. The van der Waals surface area contributed by atoms with Crippen LogP contribution in [0.25, 0.3) is 0 Å². The van der Waals surface area contributed by atoms with Gasteiger partial charge >= 0.3 is 11.9 Å². The largest absolute Gasteiger partial charge is 0.477 e. The fourth-order valence-electron chi connectivity index (χ4n) is 2.65. The lowest BCUT2D eigenvalue weighted by Crippen LogP contribution is -2.13. The number of methoxy groups -OCH3 is 1. The molecule has 0 fully saturated rings. The molecule has 5 nitrogen and oxygen atoms in total. The summed E-state index contributed by atoms with van der Waals surface area (Å²) in [5.41, 5.74) is 2.13. The van der Waals surface area contributed by atoms with Gasteiger partial charge in [-0.05, 0) is 29.5 Å². The van der Waals surface area contributed by atoms with Crippen molar-refractivity contribution >= 4 is 11.9 Å². The Morgan fingerprint density at radius 2 is 1.91 bits per heavy atom. The molecule has 0 spiro atoms. The van der Waals surface area contributed by atoms with Crippen molar-refractivity contribution in [1.29, 1.82) is 0 Å². The Hall–Kier alpha value is -2.56. The van der Waals surface area contributed by atoms with E-state index in [0.29, 0.717) is 12.0 Å². The zero-order valence-corrected chi connectivity index (χ0v) is 12.9. The number of benzene rings is 1. The highest BCUT2D eigenvalue weighted by Gasteiger charge is 2.25. The summed E-state index contributed by atoms with van der Waals surface area (Å²) in [6.07, 6.45) is 0.700. The van der Waals surface area contributed by atoms with Crippen LogP contribution in [0.5, 0.6) is 0 Å². The minimum absolute atomic E-state index is 0.0295. The minimum Gasteiger partial charge on any atom is -0.477 e. The van der Waals surface area contributed by atoms with Crippen molar-refractivity contribution in [3.8, 4) is 0 Å². The summed E-state index contributed by atoms with van der Waals surface area (Å²) in [5, 5.41) is 9.46. The highest BCUT2D eigenvalue weighted by molar-refractivity contribution is 5.94. The molecule has 2 aromatic rings. The number of hydrogen-bond acceptors (Lipinski definition) is 3. The van der Waals surface area contributed by atoms with Gasteiger partial charge in [-0.25, -0.2) is 9.59 Å². The van der Waals surface area contributed by atoms with Gasteiger partial charge in [-0.2, -0.15) is 0 Å². The topological polar surface area (TPSA) is 68.5 Å². The predicted octanol–water partition coefficient (Wildman–Crippen LogP) is 2.86. The standard InChI is InChI=1S/C17H19NO4/c1-11(9-12-7-5-4-6-8-12)13-10-14(17(21)22-3)18(2)15(13)16(19)20/h4-8,10-11H,9H2,1-3H3,(H,19,20). The van der Waals surface area contributed by atoms with Crippen molar-refractivity contribution in [1.82, 2.24) is 4.57 Å². The van der Waals surface area contributed by atoms with E-state index < -0.39 is 11.9 Å². The molecule has 0 radical (unpaired) electrons. The van der Waals surface area contributed by atoms with Gasteiger partial charge in [0.1, 0.15) is 11.4 Å². The maximum Gasteiger partial charge on any atom is 0.354 e. The third-order valence-electron chi connectivity index (χ3n) is 3.78. The van der Waals surface area contributed by atoms with Crippen LogP contribution in [0, 0.1) is 0 Å². The van der Waals surface area contributed by atoms with E-state index in [1.807, 2.05) is 37.3 Å². The van der Waals surface area contributed by atoms with Gasteiger partial charge in [0.05, 0.1) is 7.11 Å². The van der Waals surface area contributed by atoms with Crippen molar-refractivity contribution in [2.45, 2.75) is 19.3 Å². The Kier molecular flexibility index (Phi) is 4.65. The molecule has 0 aliphatic rings.